The van der Waals surface area contributed by atoms with E-state index in [1.807, 2.05) is 12.1 Å². The van der Waals surface area contributed by atoms with E-state index in [4.69, 9.17) is 0 Å². The van der Waals surface area contributed by atoms with Crippen molar-refractivity contribution in [3.8, 4) is 0 Å². The van der Waals surface area contributed by atoms with E-state index in [0.717, 1.165) is 41.7 Å². The molecule has 19 heavy (non-hydrogen) atoms. The van der Waals surface area contributed by atoms with Gasteiger partial charge in [0.15, 0.2) is 0 Å². The molecular formula is C17H22FN. The number of fused-ring (bicyclic) bond motifs is 5. The molecule has 0 aliphatic heterocycles. The second-order valence-corrected chi connectivity index (χ2v) is 6.92. The van der Waals surface area contributed by atoms with Crippen LogP contribution in [0.3, 0.4) is 0 Å². The zero-order valence-corrected chi connectivity index (χ0v) is 11.5. The van der Waals surface area contributed by atoms with Gasteiger partial charge in [-0.3, -0.25) is 0 Å². The van der Waals surface area contributed by atoms with Crippen molar-refractivity contribution in [2.45, 2.75) is 44.7 Å². The number of benzene rings is 1. The van der Waals surface area contributed by atoms with E-state index in [1.165, 1.54) is 25.3 Å². The molecule has 0 aromatic heterocycles. The Kier molecular flexibility index (Phi) is 2.70. The molecule has 2 bridgehead atoms. The quantitative estimate of drug-likeness (QED) is 0.874. The average molecular weight is 259 g/mol. The van der Waals surface area contributed by atoms with Gasteiger partial charge in [0.05, 0.1) is 0 Å². The van der Waals surface area contributed by atoms with Gasteiger partial charge in [0.2, 0.25) is 0 Å². The first-order valence-corrected chi connectivity index (χ1v) is 7.73. The van der Waals surface area contributed by atoms with Gasteiger partial charge < -0.3 is 5.32 Å². The normalized spacial score (nSPS) is 40.2. The predicted molar refractivity (Wildman–Crippen MR) is 74.3 cm³/mol. The lowest BCUT2D eigenvalue weighted by molar-refractivity contribution is 0.426. The molecule has 3 aliphatic carbocycles. The Morgan fingerprint density at radius 1 is 1.26 bits per heavy atom. The van der Waals surface area contributed by atoms with Gasteiger partial charge in [-0.2, -0.15) is 0 Å². The molecule has 1 N–H and O–H groups in total. The largest absolute Gasteiger partial charge is 0.311 e. The number of halogens is 1. The van der Waals surface area contributed by atoms with Crippen molar-refractivity contribution >= 4 is 0 Å². The Labute approximate surface area is 114 Å². The highest BCUT2D eigenvalue weighted by atomic mass is 19.1. The van der Waals surface area contributed by atoms with E-state index in [1.54, 1.807) is 6.07 Å². The van der Waals surface area contributed by atoms with Crippen molar-refractivity contribution < 1.29 is 4.39 Å². The van der Waals surface area contributed by atoms with Gasteiger partial charge in [-0.1, -0.05) is 12.1 Å². The second-order valence-electron chi connectivity index (χ2n) is 6.92. The monoisotopic (exact) mass is 259 g/mol. The average Bonchev–Trinajstić information content (AvgIpc) is 2.78. The van der Waals surface area contributed by atoms with Crippen LogP contribution in [0.5, 0.6) is 0 Å². The SMILES string of the molecule is CC(Cc1cccc(F)c1)NC1C2C3CCC(C3)C12. The summed E-state index contributed by atoms with van der Waals surface area (Å²) in [5.41, 5.74) is 1.11. The zero-order chi connectivity index (χ0) is 13.0. The van der Waals surface area contributed by atoms with Crippen LogP contribution in [0.25, 0.3) is 0 Å². The van der Waals surface area contributed by atoms with Crippen LogP contribution < -0.4 is 5.32 Å². The van der Waals surface area contributed by atoms with Crippen molar-refractivity contribution in [3.05, 3.63) is 35.6 Å². The summed E-state index contributed by atoms with van der Waals surface area (Å²) < 4.78 is 13.2. The third-order valence-electron chi connectivity index (χ3n) is 5.64. The van der Waals surface area contributed by atoms with Gasteiger partial charge in [-0.15, -0.1) is 0 Å². The summed E-state index contributed by atoms with van der Waals surface area (Å²) in [6, 6.07) is 8.24. The van der Waals surface area contributed by atoms with E-state index >= 15 is 0 Å². The maximum Gasteiger partial charge on any atom is 0.123 e. The first-order valence-electron chi connectivity index (χ1n) is 7.73. The molecule has 0 radical (unpaired) electrons. The van der Waals surface area contributed by atoms with Crippen LogP contribution in [0.4, 0.5) is 4.39 Å². The summed E-state index contributed by atoms with van der Waals surface area (Å²) in [5.74, 6) is 3.89. The molecule has 4 rings (SSSR count). The minimum absolute atomic E-state index is 0.119. The summed E-state index contributed by atoms with van der Waals surface area (Å²) in [6.07, 6.45) is 5.39. The van der Waals surface area contributed by atoms with Crippen LogP contribution in [0.2, 0.25) is 0 Å². The molecule has 3 saturated carbocycles. The number of nitrogens with one attached hydrogen (secondary N) is 1. The third kappa shape index (κ3) is 2.01. The minimum atomic E-state index is -0.119. The van der Waals surface area contributed by atoms with Gasteiger partial charge in [0.25, 0.3) is 0 Å². The van der Waals surface area contributed by atoms with Crippen LogP contribution in [-0.2, 0) is 6.42 Å². The fourth-order valence-electron chi connectivity index (χ4n) is 4.95. The molecule has 0 spiro atoms. The Morgan fingerprint density at radius 2 is 2.00 bits per heavy atom. The molecule has 102 valence electrons. The van der Waals surface area contributed by atoms with Gasteiger partial charge in [0.1, 0.15) is 5.82 Å². The Bertz CT molecular complexity index is 470. The molecule has 5 atom stereocenters. The molecule has 3 fully saturated rings. The Hall–Kier alpha value is -0.890. The first-order chi connectivity index (χ1) is 9.22. The summed E-state index contributed by atoms with van der Waals surface area (Å²) in [5, 5.41) is 3.80. The van der Waals surface area contributed by atoms with Crippen molar-refractivity contribution in [3.63, 3.8) is 0 Å². The summed E-state index contributed by atoms with van der Waals surface area (Å²) in [4.78, 5) is 0. The van der Waals surface area contributed by atoms with Gasteiger partial charge in [-0.25, -0.2) is 4.39 Å². The molecule has 0 saturated heterocycles. The molecular weight excluding hydrogens is 237 g/mol. The van der Waals surface area contributed by atoms with Gasteiger partial charge in [0, 0.05) is 12.1 Å². The molecule has 5 unspecified atom stereocenters. The lowest BCUT2D eigenvalue weighted by Gasteiger charge is -2.17. The number of hydrogen-bond donors (Lipinski definition) is 1. The topological polar surface area (TPSA) is 12.0 Å². The molecule has 3 aliphatic rings. The van der Waals surface area contributed by atoms with Gasteiger partial charge in [-0.05, 0) is 74.0 Å². The maximum atomic E-state index is 13.2. The fraction of sp³-hybridized carbons (Fsp3) is 0.647. The molecule has 1 nitrogen and oxygen atoms in total. The van der Waals surface area contributed by atoms with E-state index in [0.29, 0.717) is 6.04 Å². The van der Waals surface area contributed by atoms with E-state index in [9.17, 15) is 4.39 Å². The lowest BCUT2D eigenvalue weighted by Crippen LogP contribution is -2.33. The third-order valence-corrected chi connectivity index (χ3v) is 5.64. The van der Waals surface area contributed by atoms with Crippen molar-refractivity contribution in [2.75, 3.05) is 0 Å². The molecule has 1 aromatic rings. The fourth-order valence-corrected chi connectivity index (χ4v) is 4.95. The van der Waals surface area contributed by atoms with E-state index in [-0.39, 0.29) is 5.82 Å². The summed E-state index contributed by atoms with van der Waals surface area (Å²) >= 11 is 0. The Morgan fingerprint density at radius 3 is 2.68 bits per heavy atom. The standard InChI is InChI=1S/C17H22FN/c1-10(7-11-3-2-4-14(18)8-11)19-17-15-12-5-6-13(9-12)16(15)17/h2-4,8,10,12-13,15-17,19H,5-7,9H2,1H3. The van der Waals surface area contributed by atoms with Crippen molar-refractivity contribution in [1.82, 2.24) is 5.32 Å². The maximum absolute atomic E-state index is 13.2. The molecule has 0 heterocycles. The van der Waals surface area contributed by atoms with Crippen LogP contribution >= 0.6 is 0 Å². The minimum Gasteiger partial charge on any atom is -0.311 e. The van der Waals surface area contributed by atoms with Crippen LogP contribution in [0.15, 0.2) is 24.3 Å². The molecule has 0 amide bonds. The first kappa shape index (κ1) is 11.9. The van der Waals surface area contributed by atoms with Gasteiger partial charge >= 0.3 is 0 Å². The van der Waals surface area contributed by atoms with Crippen LogP contribution in [-0.4, -0.2) is 12.1 Å². The van der Waals surface area contributed by atoms with Crippen molar-refractivity contribution in [1.29, 1.82) is 0 Å². The summed E-state index contributed by atoms with van der Waals surface area (Å²) in [7, 11) is 0. The Balaban J connectivity index is 1.35. The molecule has 1 aromatic carbocycles. The highest BCUT2D eigenvalue weighted by Gasteiger charge is 2.64. The highest BCUT2D eigenvalue weighted by molar-refractivity contribution is 5.19. The van der Waals surface area contributed by atoms with Crippen LogP contribution in [0.1, 0.15) is 31.7 Å². The van der Waals surface area contributed by atoms with E-state index < -0.39 is 0 Å². The second kappa shape index (κ2) is 4.31. The van der Waals surface area contributed by atoms with Crippen molar-refractivity contribution in [2.24, 2.45) is 23.7 Å². The van der Waals surface area contributed by atoms with E-state index in [2.05, 4.69) is 12.2 Å². The highest BCUT2D eigenvalue weighted by Crippen LogP contribution is 2.65. The predicted octanol–water partition coefficient (Wildman–Crippen LogP) is 3.39. The molecule has 2 heteroatoms. The smallest absolute Gasteiger partial charge is 0.123 e. The zero-order valence-electron chi connectivity index (χ0n) is 11.5. The number of hydrogen-bond acceptors (Lipinski definition) is 1. The number of rotatable bonds is 4. The lowest BCUT2D eigenvalue weighted by atomic mass is 10.0. The summed E-state index contributed by atoms with van der Waals surface area (Å²) in [6.45, 7) is 2.24. The van der Waals surface area contributed by atoms with Crippen LogP contribution in [0, 0.1) is 29.5 Å².